The molecule has 0 spiro atoms. The number of piperazine rings is 1. The SMILES string of the molecule is Cc1nn(C)c2sc(C(=O)N3CCN(C(=O)c4cc(Cl)ccc4F)CC3)cc12. The molecule has 0 aliphatic carbocycles. The Labute approximate surface area is 170 Å². The fourth-order valence-electron chi connectivity index (χ4n) is 3.41. The number of aromatic nitrogens is 2. The number of hydrogen-bond donors (Lipinski definition) is 0. The molecule has 28 heavy (non-hydrogen) atoms. The second-order valence-corrected chi connectivity index (χ2v) is 8.21. The van der Waals surface area contributed by atoms with Crippen LogP contribution < -0.4 is 0 Å². The molecule has 3 aromatic rings. The van der Waals surface area contributed by atoms with Crippen molar-refractivity contribution in [2.75, 3.05) is 26.2 Å². The van der Waals surface area contributed by atoms with Crippen molar-refractivity contribution >= 4 is 45.0 Å². The molecular weight excluding hydrogens is 403 g/mol. The van der Waals surface area contributed by atoms with Gasteiger partial charge in [-0.15, -0.1) is 11.3 Å². The molecule has 146 valence electrons. The first-order chi connectivity index (χ1) is 13.3. The number of thiophene rings is 1. The minimum Gasteiger partial charge on any atom is -0.335 e. The van der Waals surface area contributed by atoms with E-state index in [2.05, 4.69) is 5.10 Å². The van der Waals surface area contributed by atoms with Crippen molar-refractivity contribution in [1.29, 1.82) is 0 Å². The topological polar surface area (TPSA) is 58.4 Å². The molecule has 2 aromatic heterocycles. The maximum Gasteiger partial charge on any atom is 0.264 e. The number of hydrogen-bond acceptors (Lipinski definition) is 4. The van der Waals surface area contributed by atoms with E-state index >= 15 is 0 Å². The number of amides is 2. The van der Waals surface area contributed by atoms with Crippen LogP contribution in [0.15, 0.2) is 24.3 Å². The second-order valence-electron chi connectivity index (χ2n) is 6.75. The van der Waals surface area contributed by atoms with Gasteiger partial charge >= 0.3 is 0 Å². The van der Waals surface area contributed by atoms with Gasteiger partial charge in [-0.2, -0.15) is 5.10 Å². The van der Waals surface area contributed by atoms with Crippen molar-refractivity contribution in [3.63, 3.8) is 0 Å². The first-order valence-electron chi connectivity index (χ1n) is 8.82. The number of carbonyl (C=O) groups is 2. The zero-order chi connectivity index (χ0) is 20.0. The molecule has 2 amide bonds. The van der Waals surface area contributed by atoms with Crippen molar-refractivity contribution in [2.45, 2.75) is 6.92 Å². The third-order valence-corrected chi connectivity index (χ3v) is 6.34. The summed E-state index contributed by atoms with van der Waals surface area (Å²) in [6.07, 6.45) is 0. The van der Waals surface area contributed by atoms with Gasteiger partial charge in [0.15, 0.2) is 0 Å². The third-order valence-electron chi connectivity index (χ3n) is 4.92. The highest BCUT2D eigenvalue weighted by molar-refractivity contribution is 7.20. The van der Waals surface area contributed by atoms with Gasteiger partial charge < -0.3 is 9.80 Å². The molecule has 0 saturated carbocycles. The van der Waals surface area contributed by atoms with Crippen LogP contribution in [0, 0.1) is 12.7 Å². The van der Waals surface area contributed by atoms with Gasteiger partial charge in [0, 0.05) is 43.6 Å². The second kappa shape index (κ2) is 7.18. The molecule has 3 heterocycles. The Bertz CT molecular complexity index is 1050. The predicted molar refractivity (Wildman–Crippen MR) is 107 cm³/mol. The largest absolute Gasteiger partial charge is 0.335 e. The number of benzene rings is 1. The quantitative estimate of drug-likeness (QED) is 0.639. The lowest BCUT2D eigenvalue weighted by Crippen LogP contribution is -2.50. The summed E-state index contributed by atoms with van der Waals surface area (Å²) >= 11 is 7.30. The number of halogens is 2. The maximum atomic E-state index is 14.0. The van der Waals surface area contributed by atoms with Gasteiger partial charge in [0.05, 0.1) is 16.1 Å². The summed E-state index contributed by atoms with van der Waals surface area (Å²) in [7, 11) is 1.86. The molecule has 1 aromatic carbocycles. The summed E-state index contributed by atoms with van der Waals surface area (Å²) in [5.74, 6) is -1.06. The van der Waals surface area contributed by atoms with Crippen LogP contribution in [-0.4, -0.2) is 57.6 Å². The molecule has 0 bridgehead atoms. The van der Waals surface area contributed by atoms with Gasteiger partial charge in [-0.1, -0.05) is 11.6 Å². The highest BCUT2D eigenvalue weighted by atomic mass is 35.5. The van der Waals surface area contributed by atoms with Crippen LogP contribution >= 0.6 is 22.9 Å². The average Bonchev–Trinajstić information content (AvgIpc) is 3.24. The van der Waals surface area contributed by atoms with E-state index in [0.717, 1.165) is 15.9 Å². The zero-order valence-electron chi connectivity index (χ0n) is 15.4. The highest BCUT2D eigenvalue weighted by Crippen LogP contribution is 2.29. The van der Waals surface area contributed by atoms with Gasteiger partial charge in [-0.05, 0) is 31.2 Å². The molecule has 9 heteroatoms. The molecule has 0 unspecified atom stereocenters. The molecule has 1 fully saturated rings. The number of rotatable bonds is 2. The fraction of sp³-hybridized carbons (Fsp3) is 0.316. The molecule has 6 nitrogen and oxygen atoms in total. The van der Waals surface area contributed by atoms with E-state index in [9.17, 15) is 14.0 Å². The molecular formula is C19H18ClFN4O2S. The Morgan fingerprint density at radius 2 is 1.75 bits per heavy atom. The molecule has 1 aliphatic heterocycles. The van der Waals surface area contributed by atoms with Crippen LogP contribution in [0.25, 0.3) is 10.2 Å². The average molecular weight is 421 g/mol. The van der Waals surface area contributed by atoms with Crippen molar-refractivity contribution in [2.24, 2.45) is 7.05 Å². The minimum atomic E-state index is -0.595. The Balaban J connectivity index is 1.45. The van der Waals surface area contributed by atoms with E-state index in [-0.39, 0.29) is 11.5 Å². The Kier molecular flexibility index (Phi) is 4.84. The van der Waals surface area contributed by atoms with Gasteiger partial charge in [-0.3, -0.25) is 14.3 Å². The third kappa shape index (κ3) is 3.27. The Morgan fingerprint density at radius 3 is 2.39 bits per heavy atom. The van der Waals surface area contributed by atoms with E-state index in [4.69, 9.17) is 11.6 Å². The Morgan fingerprint density at radius 1 is 1.11 bits per heavy atom. The van der Waals surface area contributed by atoms with Crippen molar-refractivity contribution in [3.05, 3.63) is 51.2 Å². The molecule has 0 atom stereocenters. The standard InChI is InChI=1S/C19H18ClFN4O2S/c1-11-13-10-16(28-19(13)23(2)22-11)18(27)25-7-5-24(6-8-25)17(26)14-9-12(20)3-4-15(14)21/h3-4,9-10H,5-8H2,1-2H3. The van der Waals surface area contributed by atoms with E-state index in [0.29, 0.717) is 36.1 Å². The van der Waals surface area contributed by atoms with Gasteiger partial charge in [0.2, 0.25) is 0 Å². The van der Waals surface area contributed by atoms with Crippen LogP contribution in [0.2, 0.25) is 5.02 Å². The zero-order valence-corrected chi connectivity index (χ0v) is 17.0. The number of carbonyl (C=O) groups excluding carboxylic acids is 2. The smallest absolute Gasteiger partial charge is 0.264 e. The lowest BCUT2D eigenvalue weighted by atomic mass is 10.1. The first-order valence-corrected chi connectivity index (χ1v) is 10.0. The number of aryl methyl sites for hydroxylation is 2. The molecule has 1 saturated heterocycles. The lowest BCUT2D eigenvalue weighted by molar-refractivity contribution is 0.0535. The van der Waals surface area contributed by atoms with Crippen molar-refractivity contribution < 1.29 is 14.0 Å². The van der Waals surface area contributed by atoms with Gasteiger partial charge in [0.25, 0.3) is 11.8 Å². The summed E-state index contributed by atoms with van der Waals surface area (Å²) in [6.45, 7) is 3.42. The monoisotopic (exact) mass is 420 g/mol. The summed E-state index contributed by atoms with van der Waals surface area (Å²) in [5.41, 5.74) is 0.853. The van der Waals surface area contributed by atoms with Crippen molar-refractivity contribution in [1.82, 2.24) is 19.6 Å². The summed E-state index contributed by atoms with van der Waals surface area (Å²) in [5, 5.41) is 5.65. The molecule has 4 rings (SSSR count). The van der Waals surface area contributed by atoms with Crippen LogP contribution in [0.1, 0.15) is 25.7 Å². The number of fused-ring (bicyclic) bond motifs is 1. The summed E-state index contributed by atoms with van der Waals surface area (Å²) in [4.78, 5) is 30.4. The van der Waals surface area contributed by atoms with Crippen LogP contribution in [0.3, 0.4) is 0 Å². The summed E-state index contributed by atoms with van der Waals surface area (Å²) < 4.78 is 15.7. The number of nitrogens with zero attached hydrogens (tertiary/aromatic N) is 4. The molecule has 0 radical (unpaired) electrons. The van der Waals surface area contributed by atoms with E-state index in [1.807, 2.05) is 20.0 Å². The fourth-order valence-corrected chi connectivity index (χ4v) is 4.67. The van der Waals surface area contributed by atoms with Crippen LogP contribution in [-0.2, 0) is 7.05 Å². The highest BCUT2D eigenvalue weighted by Gasteiger charge is 2.28. The Hall–Kier alpha value is -2.45. The maximum absolute atomic E-state index is 14.0. The summed E-state index contributed by atoms with van der Waals surface area (Å²) in [6, 6.07) is 5.81. The molecule has 1 aliphatic rings. The molecule has 0 N–H and O–H groups in total. The van der Waals surface area contributed by atoms with Gasteiger partial charge in [-0.25, -0.2) is 4.39 Å². The van der Waals surface area contributed by atoms with E-state index in [1.165, 1.54) is 29.5 Å². The van der Waals surface area contributed by atoms with E-state index < -0.39 is 11.7 Å². The lowest BCUT2D eigenvalue weighted by Gasteiger charge is -2.34. The van der Waals surface area contributed by atoms with Crippen LogP contribution in [0.4, 0.5) is 4.39 Å². The minimum absolute atomic E-state index is 0.0419. The normalized spacial score (nSPS) is 14.7. The van der Waals surface area contributed by atoms with Crippen LogP contribution in [0.5, 0.6) is 0 Å². The first kappa shape index (κ1) is 18.9. The predicted octanol–water partition coefficient (Wildman–Crippen LogP) is 3.33. The van der Waals surface area contributed by atoms with Crippen molar-refractivity contribution in [3.8, 4) is 0 Å². The van der Waals surface area contributed by atoms with Gasteiger partial charge in [0.1, 0.15) is 10.6 Å². The van der Waals surface area contributed by atoms with E-state index in [1.54, 1.807) is 14.5 Å².